The van der Waals surface area contributed by atoms with E-state index in [-0.39, 0.29) is 19.1 Å². The third-order valence-electron chi connectivity index (χ3n) is 3.73. The van der Waals surface area contributed by atoms with Crippen molar-refractivity contribution in [3.8, 4) is 11.5 Å². The lowest BCUT2D eigenvalue weighted by Crippen LogP contribution is -2.20. The minimum atomic E-state index is -0.185. The number of fused-ring (bicyclic) bond motifs is 1. The Morgan fingerprint density at radius 3 is 2.75 bits per heavy atom. The molecule has 0 aliphatic carbocycles. The van der Waals surface area contributed by atoms with Crippen LogP contribution in [0.5, 0.6) is 11.5 Å². The van der Waals surface area contributed by atoms with Gasteiger partial charge in [-0.05, 0) is 31.0 Å². The Bertz CT molecular complexity index is 818. The van der Waals surface area contributed by atoms with Crippen LogP contribution in [0.15, 0.2) is 35.4 Å². The molecule has 0 saturated heterocycles. The van der Waals surface area contributed by atoms with Crippen LogP contribution in [0.3, 0.4) is 0 Å². The quantitative estimate of drug-likeness (QED) is 0.683. The van der Waals surface area contributed by atoms with Crippen LogP contribution in [0.1, 0.15) is 22.3 Å². The fourth-order valence-electron chi connectivity index (χ4n) is 2.46. The maximum absolute atomic E-state index is 12.0. The minimum absolute atomic E-state index is 0.179. The van der Waals surface area contributed by atoms with E-state index in [0.29, 0.717) is 22.1 Å². The van der Waals surface area contributed by atoms with Crippen LogP contribution in [0.4, 0.5) is 0 Å². The molecular weight excluding hydrogens is 328 g/mol. The van der Waals surface area contributed by atoms with Gasteiger partial charge >= 0.3 is 0 Å². The van der Waals surface area contributed by atoms with Gasteiger partial charge in [0.05, 0.1) is 17.7 Å². The fourth-order valence-corrected chi connectivity index (χ4v) is 2.66. The second-order valence-electron chi connectivity index (χ2n) is 5.63. The highest BCUT2D eigenvalue weighted by Crippen LogP contribution is 2.36. The molecule has 2 aromatic carbocycles. The summed E-state index contributed by atoms with van der Waals surface area (Å²) in [6.07, 6.45) is 1.77. The van der Waals surface area contributed by atoms with Gasteiger partial charge in [0, 0.05) is 11.6 Å². The predicted molar refractivity (Wildman–Crippen MR) is 92.9 cm³/mol. The number of hydrogen-bond donors (Lipinski definition) is 1. The Hall–Kier alpha value is -2.53. The van der Waals surface area contributed by atoms with E-state index in [4.69, 9.17) is 21.1 Å². The molecule has 0 aromatic heterocycles. The molecule has 2 aromatic rings. The Balaban J connectivity index is 1.63. The molecular formula is C18H17ClN2O3. The molecule has 0 bridgehead atoms. The zero-order valence-electron chi connectivity index (χ0n) is 13.4. The highest BCUT2D eigenvalue weighted by molar-refractivity contribution is 6.33. The van der Waals surface area contributed by atoms with E-state index in [1.165, 1.54) is 11.8 Å². The number of amides is 1. The van der Waals surface area contributed by atoms with Crippen molar-refractivity contribution >= 4 is 23.7 Å². The second kappa shape index (κ2) is 6.93. The van der Waals surface area contributed by atoms with Crippen molar-refractivity contribution in [2.24, 2.45) is 5.10 Å². The van der Waals surface area contributed by atoms with Crippen molar-refractivity contribution in [3.05, 3.63) is 57.6 Å². The van der Waals surface area contributed by atoms with Crippen molar-refractivity contribution in [1.29, 1.82) is 0 Å². The lowest BCUT2D eigenvalue weighted by Gasteiger charge is -2.06. The minimum Gasteiger partial charge on any atom is -0.454 e. The number of nitrogens with one attached hydrogen (secondary N) is 1. The molecule has 124 valence electrons. The van der Waals surface area contributed by atoms with Gasteiger partial charge in [0.25, 0.3) is 0 Å². The summed E-state index contributed by atoms with van der Waals surface area (Å²) in [4.78, 5) is 12.0. The summed E-state index contributed by atoms with van der Waals surface area (Å²) < 4.78 is 10.5. The molecule has 6 heteroatoms. The number of ether oxygens (including phenoxy) is 2. The van der Waals surface area contributed by atoms with E-state index >= 15 is 0 Å². The smallest absolute Gasteiger partial charge is 0.244 e. The van der Waals surface area contributed by atoms with E-state index < -0.39 is 0 Å². The van der Waals surface area contributed by atoms with Gasteiger partial charge in [-0.3, -0.25) is 4.79 Å². The largest absolute Gasteiger partial charge is 0.454 e. The number of hydrogen-bond acceptors (Lipinski definition) is 4. The SMILES string of the molecule is Cc1ccc(CC(=O)N/N=C/c2cc3c(cc2Cl)OCO3)c(C)c1. The number of halogens is 1. The molecule has 0 spiro atoms. The molecule has 1 aliphatic rings. The maximum atomic E-state index is 12.0. The Labute approximate surface area is 145 Å². The van der Waals surface area contributed by atoms with Gasteiger partial charge in [0.1, 0.15) is 0 Å². The third-order valence-corrected chi connectivity index (χ3v) is 4.06. The molecule has 1 N–H and O–H groups in total. The van der Waals surface area contributed by atoms with Crippen LogP contribution < -0.4 is 14.9 Å². The first kappa shape index (κ1) is 16.3. The van der Waals surface area contributed by atoms with Crippen molar-refractivity contribution in [3.63, 3.8) is 0 Å². The maximum Gasteiger partial charge on any atom is 0.244 e. The Kier molecular flexibility index (Phi) is 4.71. The summed E-state index contributed by atoms with van der Waals surface area (Å²) in [5, 5.41) is 4.44. The Morgan fingerprint density at radius 1 is 1.25 bits per heavy atom. The van der Waals surface area contributed by atoms with E-state index in [1.807, 2.05) is 26.0 Å². The number of carbonyl (C=O) groups is 1. The molecule has 24 heavy (non-hydrogen) atoms. The van der Waals surface area contributed by atoms with Crippen molar-refractivity contribution in [1.82, 2.24) is 5.43 Å². The molecule has 0 unspecified atom stereocenters. The standard InChI is InChI=1S/C18H17ClN2O3/c1-11-3-4-13(12(2)5-11)7-18(22)21-20-9-14-6-16-17(8-15(14)19)24-10-23-16/h3-6,8-9H,7,10H2,1-2H3,(H,21,22)/b20-9+. The van der Waals surface area contributed by atoms with E-state index in [0.717, 1.165) is 11.1 Å². The van der Waals surface area contributed by atoms with Crippen LogP contribution in [-0.2, 0) is 11.2 Å². The van der Waals surface area contributed by atoms with Gasteiger partial charge in [-0.25, -0.2) is 5.43 Å². The third kappa shape index (κ3) is 3.68. The number of nitrogens with zero attached hydrogens (tertiary/aromatic N) is 1. The monoisotopic (exact) mass is 344 g/mol. The molecule has 0 radical (unpaired) electrons. The zero-order chi connectivity index (χ0) is 17.1. The van der Waals surface area contributed by atoms with E-state index in [2.05, 4.69) is 16.6 Å². The number of carbonyl (C=O) groups excluding carboxylic acids is 1. The lowest BCUT2D eigenvalue weighted by molar-refractivity contribution is -0.120. The molecule has 0 atom stereocenters. The molecule has 3 rings (SSSR count). The van der Waals surface area contributed by atoms with Crippen molar-refractivity contribution in [2.75, 3.05) is 6.79 Å². The summed E-state index contributed by atoms with van der Waals surface area (Å²) in [5.74, 6) is 1.04. The van der Waals surface area contributed by atoms with Crippen LogP contribution >= 0.6 is 11.6 Å². The molecule has 5 nitrogen and oxygen atoms in total. The van der Waals surface area contributed by atoms with Gasteiger partial charge in [-0.1, -0.05) is 35.4 Å². The summed E-state index contributed by atoms with van der Waals surface area (Å²) in [6, 6.07) is 9.40. The first-order valence-electron chi connectivity index (χ1n) is 7.50. The number of aryl methyl sites for hydroxylation is 2. The first-order valence-corrected chi connectivity index (χ1v) is 7.88. The van der Waals surface area contributed by atoms with Crippen LogP contribution in [-0.4, -0.2) is 18.9 Å². The highest BCUT2D eigenvalue weighted by atomic mass is 35.5. The van der Waals surface area contributed by atoms with E-state index in [1.54, 1.807) is 12.1 Å². The summed E-state index contributed by atoms with van der Waals surface area (Å²) in [5.41, 5.74) is 6.41. The number of benzene rings is 2. The van der Waals surface area contributed by atoms with Gasteiger partial charge < -0.3 is 9.47 Å². The average Bonchev–Trinajstić information content (AvgIpc) is 2.97. The topological polar surface area (TPSA) is 59.9 Å². The molecule has 1 aliphatic heterocycles. The average molecular weight is 345 g/mol. The molecule has 0 fully saturated rings. The zero-order valence-corrected chi connectivity index (χ0v) is 14.2. The number of rotatable bonds is 4. The molecule has 1 amide bonds. The lowest BCUT2D eigenvalue weighted by atomic mass is 10.0. The summed E-state index contributed by atoms with van der Waals surface area (Å²) >= 11 is 6.15. The van der Waals surface area contributed by atoms with Gasteiger partial charge in [0.2, 0.25) is 12.7 Å². The van der Waals surface area contributed by atoms with Gasteiger partial charge in [-0.2, -0.15) is 5.10 Å². The predicted octanol–water partition coefficient (Wildman–Crippen LogP) is 3.38. The summed E-state index contributed by atoms with van der Waals surface area (Å²) in [7, 11) is 0. The van der Waals surface area contributed by atoms with E-state index in [9.17, 15) is 4.79 Å². The van der Waals surface area contributed by atoms with Crippen LogP contribution in [0.25, 0.3) is 0 Å². The van der Waals surface area contributed by atoms with Crippen molar-refractivity contribution < 1.29 is 14.3 Å². The number of hydrazone groups is 1. The summed E-state index contributed by atoms with van der Waals surface area (Å²) in [6.45, 7) is 4.19. The van der Waals surface area contributed by atoms with Crippen LogP contribution in [0, 0.1) is 13.8 Å². The Morgan fingerprint density at radius 2 is 2.00 bits per heavy atom. The van der Waals surface area contributed by atoms with Crippen molar-refractivity contribution in [2.45, 2.75) is 20.3 Å². The fraction of sp³-hybridized carbons (Fsp3) is 0.222. The van der Waals surface area contributed by atoms with Crippen LogP contribution in [0.2, 0.25) is 5.02 Å². The second-order valence-corrected chi connectivity index (χ2v) is 6.03. The highest BCUT2D eigenvalue weighted by Gasteiger charge is 2.15. The van der Waals surface area contributed by atoms with Gasteiger partial charge in [0.15, 0.2) is 11.5 Å². The normalized spacial score (nSPS) is 12.6. The molecule has 1 heterocycles. The van der Waals surface area contributed by atoms with Gasteiger partial charge in [-0.15, -0.1) is 0 Å². The first-order chi connectivity index (χ1) is 11.5. The molecule has 0 saturated carbocycles.